The van der Waals surface area contributed by atoms with Gasteiger partial charge in [0.05, 0.1) is 37.0 Å². The number of esters is 2. The molecule has 2 aromatic heterocycles. The van der Waals surface area contributed by atoms with Crippen LogP contribution in [0.1, 0.15) is 126 Å². The van der Waals surface area contributed by atoms with Crippen LogP contribution in [0.4, 0.5) is 9.59 Å². The van der Waals surface area contributed by atoms with Gasteiger partial charge < -0.3 is 68.9 Å². The van der Waals surface area contributed by atoms with E-state index in [2.05, 4.69) is 20.6 Å². The summed E-state index contributed by atoms with van der Waals surface area (Å²) < 4.78 is 33.0. The van der Waals surface area contributed by atoms with Gasteiger partial charge in [0, 0.05) is 93.1 Å². The molecule has 0 bridgehead atoms. The summed E-state index contributed by atoms with van der Waals surface area (Å²) in [5.74, 6) is -5.30. The van der Waals surface area contributed by atoms with Crippen molar-refractivity contribution in [2.24, 2.45) is 0 Å². The van der Waals surface area contributed by atoms with E-state index < -0.39 is 83.0 Å². The van der Waals surface area contributed by atoms with E-state index >= 15 is 0 Å². The molecular weight excluding hydrogens is 1160 g/mol. The fourth-order valence-corrected chi connectivity index (χ4v) is 9.79. The number of nitrogens with one attached hydrogen (secondary N) is 2. The average molecular weight is 1230 g/mol. The van der Waals surface area contributed by atoms with Gasteiger partial charge in [0.1, 0.15) is 35.0 Å². The van der Waals surface area contributed by atoms with E-state index in [1.54, 1.807) is 59.7 Å². The van der Waals surface area contributed by atoms with Crippen LogP contribution in [-0.4, -0.2) is 201 Å². The number of aryl methyl sites for hydroxylation is 2. The molecule has 472 valence electrons. The summed E-state index contributed by atoms with van der Waals surface area (Å²) in [4.78, 5) is 141. The number of nitrogens with zero attached hydrogens (tertiary/aromatic N) is 6. The number of aliphatic carboxylic acids is 2. The molecule has 3 fully saturated rings. The molecule has 1 aliphatic carbocycles. The van der Waals surface area contributed by atoms with Gasteiger partial charge in [-0.3, -0.25) is 28.8 Å². The van der Waals surface area contributed by atoms with Crippen LogP contribution in [0, 0.1) is 13.8 Å². The Morgan fingerprint density at radius 3 is 1.53 bits per heavy atom. The number of piperazine rings is 2. The number of amides is 6. The lowest BCUT2D eigenvalue weighted by Gasteiger charge is -2.39. The molecule has 2 saturated heterocycles. The number of benzene rings is 2. The highest BCUT2D eigenvalue weighted by Gasteiger charge is 2.49. The highest BCUT2D eigenvalue weighted by Crippen LogP contribution is 2.41. The second-order valence-electron chi connectivity index (χ2n) is 21.8. The zero-order valence-electron chi connectivity index (χ0n) is 50.5. The molecule has 4 aromatic rings. The van der Waals surface area contributed by atoms with Gasteiger partial charge in [-0.05, 0) is 130 Å². The van der Waals surface area contributed by atoms with Gasteiger partial charge in [0.2, 0.25) is 17.4 Å². The normalized spacial score (nSPS) is 15.4. The van der Waals surface area contributed by atoms with Crippen molar-refractivity contribution in [3.05, 3.63) is 70.0 Å². The summed E-state index contributed by atoms with van der Waals surface area (Å²) >= 11 is 6.35. The van der Waals surface area contributed by atoms with Crippen molar-refractivity contribution in [2.45, 2.75) is 137 Å². The first-order valence-corrected chi connectivity index (χ1v) is 29.3. The third-order valence-corrected chi connectivity index (χ3v) is 14.9. The molecule has 6 amide bonds. The summed E-state index contributed by atoms with van der Waals surface area (Å²) in [6.07, 6.45) is -0.587. The van der Waals surface area contributed by atoms with E-state index in [4.69, 9.17) is 40.0 Å². The Hall–Kier alpha value is -8.55. The molecule has 1 saturated carbocycles. The molecule has 87 heavy (non-hydrogen) atoms. The lowest BCUT2D eigenvalue weighted by Crippen LogP contribution is -2.56. The van der Waals surface area contributed by atoms with Crippen molar-refractivity contribution in [2.75, 3.05) is 72.2 Å². The molecule has 3 aliphatic rings. The SMILES string of the molecule is CCOC(=O)N1CCN(C(=O)C(CCC(=O)O)NC(=O)c2cc(OC(C)(C)C(=O)OCC)c3cc(Cl)c(C)cc3n2)CC1.CCOC(=O)N1CCN(C(=O)C(CCC(=O)O)NC(=O)c2cc(OC3(C(=O)OC(C)C)CCC3)c3ccc(C)cc3n2)CC1. The minimum atomic E-state index is -1.43. The van der Waals surface area contributed by atoms with E-state index in [0.717, 1.165) is 12.0 Å². The van der Waals surface area contributed by atoms with Crippen LogP contribution in [-0.2, 0) is 47.7 Å². The predicted octanol–water partition coefficient (Wildman–Crippen LogP) is 6.24. The van der Waals surface area contributed by atoms with E-state index in [0.29, 0.717) is 45.2 Å². The standard InChI is InChI=1S/C31H40N4O9.C29H37ClN4O9/c1-5-42-30(41)35-15-13-34(14-16-35)28(39)22(9-10-26(36)37)33-27(38)24-18-25(21-8-7-20(4)17-23(21)32-24)44-31(11-6-12-31)29(40)43-19(2)3;1-6-41-27(39)29(4,5)43-23-16-22(31-21-14-17(3)19(30)15-18(21)23)25(37)32-20(8-9-24(35)36)26(38)33-10-12-34(13-11-33)28(40)42-7-2/h7-8,17-19,22H,5-6,9-16H2,1-4H3,(H,33,38)(H,36,37);14-16,20H,6-13H2,1-5H3,(H,32,37)(H,35,36). The van der Waals surface area contributed by atoms with E-state index in [1.165, 1.54) is 45.6 Å². The van der Waals surface area contributed by atoms with Crippen molar-refractivity contribution in [3.63, 3.8) is 0 Å². The fourth-order valence-electron chi connectivity index (χ4n) is 9.63. The third-order valence-electron chi connectivity index (χ3n) is 14.5. The van der Waals surface area contributed by atoms with E-state index in [9.17, 15) is 58.2 Å². The number of aromatic nitrogens is 2. The summed E-state index contributed by atoms with van der Waals surface area (Å²) in [7, 11) is 0. The van der Waals surface area contributed by atoms with Crippen LogP contribution in [0.5, 0.6) is 11.5 Å². The monoisotopic (exact) mass is 1230 g/mol. The smallest absolute Gasteiger partial charge is 0.409 e. The predicted molar refractivity (Wildman–Crippen MR) is 314 cm³/mol. The number of rotatable bonds is 22. The number of hydrogen-bond acceptors (Lipinski definition) is 18. The van der Waals surface area contributed by atoms with Crippen molar-refractivity contribution in [1.29, 1.82) is 0 Å². The molecule has 7 rings (SSSR count). The molecule has 2 aliphatic heterocycles. The first-order valence-electron chi connectivity index (χ1n) is 28.9. The number of fused-ring (bicyclic) bond motifs is 2. The Bertz CT molecular complexity index is 3230. The first kappa shape index (κ1) is 67.6. The molecular formula is C60H77ClN8O18. The maximum Gasteiger partial charge on any atom is 0.409 e. The van der Waals surface area contributed by atoms with Gasteiger partial charge in [-0.15, -0.1) is 0 Å². The number of ether oxygens (including phenoxy) is 6. The van der Waals surface area contributed by atoms with Crippen LogP contribution in [0.2, 0.25) is 5.02 Å². The number of halogens is 1. The second-order valence-corrected chi connectivity index (χ2v) is 22.2. The highest BCUT2D eigenvalue weighted by molar-refractivity contribution is 6.32. The van der Waals surface area contributed by atoms with Gasteiger partial charge in [0.25, 0.3) is 11.8 Å². The number of hydrogen-bond donors (Lipinski definition) is 4. The van der Waals surface area contributed by atoms with Crippen molar-refractivity contribution < 1.29 is 86.6 Å². The van der Waals surface area contributed by atoms with Gasteiger partial charge in [0.15, 0.2) is 5.60 Å². The molecule has 27 heteroatoms. The Morgan fingerprint density at radius 1 is 0.632 bits per heavy atom. The second kappa shape index (κ2) is 30.2. The summed E-state index contributed by atoms with van der Waals surface area (Å²) in [5, 5.41) is 25.4. The molecule has 2 aromatic carbocycles. The Morgan fingerprint density at radius 2 is 1.09 bits per heavy atom. The van der Waals surface area contributed by atoms with Crippen molar-refractivity contribution >= 4 is 93.1 Å². The van der Waals surface area contributed by atoms with Crippen molar-refractivity contribution in [1.82, 2.24) is 40.2 Å². The lowest BCUT2D eigenvalue weighted by molar-refractivity contribution is -0.174. The van der Waals surface area contributed by atoms with Gasteiger partial charge in [-0.1, -0.05) is 17.7 Å². The molecule has 4 N–H and O–H groups in total. The molecule has 0 spiro atoms. The number of carbonyl (C=O) groups excluding carboxylic acids is 8. The quantitative estimate of drug-likeness (QED) is 0.0499. The van der Waals surface area contributed by atoms with Crippen LogP contribution in [0.25, 0.3) is 21.8 Å². The third kappa shape index (κ3) is 17.8. The topological polar surface area (TPSA) is 329 Å². The van der Waals surface area contributed by atoms with Crippen LogP contribution in [0.15, 0.2) is 42.5 Å². The van der Waals surface area contributed by atoms with Crippen LogP contribution in [0.3, 0.4) is 0 Å². The van der Waals surface area contributed by atoms with E-state index in [1.807, 2.05) is 19.1 Å². The largest absolute Gasteiger partial charge is 0.481 e. The number of carbonyl (C=O) groups is 10. The Balaban J connectivity index is 0.000000278. The maximum absolute atomic E-state index is 13.6. The van der Waals surface area contributed by atoms with E-state index in [-0.39, 0.29) is 127 Å². The maximum atomic E-state index is 13.6. The zero-order chi connectivity index (χ0) is 63.9. The van der Waals surface area contributed by atoms with Gasteiger partial charge in [-0.25, -0.2) is 29.1 Å². The molecule has 0 radical (unpaired) electrons. The number of pyridine rings is 2. The Kier molecular flexibility index (Phi) is 23.4. The molecule has 26 nitrogen and oxygen atoms in total. The summed E-state index contributed by atoms with van der Waals surface area (Å²) in [6.45, 7) is 17.6. The average Bonchev–Trinajstić information content (AvgIpc) is 1.57. The molecule has 4 heterocycles. The minimum absolute atomic E-state index is 0.0509. The van der Waals surface area contributed by atoms with Gasteiger partial charge >= 0.3 is 36.1 Å². The first-order chi connectivity index (χ1) is 41.2. The Labute approximate surface area is 508 Å². The minimum Gasteiger partial charge on any atom is -0.481 e. The summed E-state index contributed by atoms with van der Waals surface area (Å²) in [6, 6.07) is 9.20. The highest BCUT2D eigenvalue weighted by atomic mass is 35.5. The molecule has 2 atom stereocenters. The number of carboxylic acid groups (broad SMARTS) is 2. The lowest BCUT2D eigenvalue weighted by atomic mass is 9.80. The number of carboxylic acids is 2. The zero-order valence-corrected chi connectivity index (χ0v) is 51.2. The fraction of sp³-hybridized carbons (Fsp3) is 0.533. The van der Waals surface area contributed by atoms with Crippen LogP contribution >= 0.6 is 11.6 Å². The molecule has 2 unspecified atom stereocenters. The van der Waals surface area contributed by atoms with Crippen molar-refractivity contribution in [3.8, 4) is 11.5 Å². The van der Waals surface area contributed by atoms with Gasteiger partial charge in [-0.2, -0.15) is 0 Å². The summed E-state index contributed by atoms with van der Waals surface area (Å²) in [5.41, 5.74) is -0.386. The van der Waals surface area contributed by atoms with Crippen LogP contribution < -0.4 is 20.1 Å².